The standard InChI is InChI=1S/C19H18N2O2/c1-12-16(19(23)18(12)22)21-17(14-10-6-3-7-11-14)15(20)13-8-4-2-5-9-13/h2-11,15,17,21H,20H2,1H3/t15-,17-/m0/s1. The highest BCUT2D eigenvalue weighted by atomic mass is 16.2. The summed E-state index contributed by atoms with van der Waals surface area (Å²) in [4.78, 5) is 23.2. The Hall–Kier alpha value is -2.72. The fourth-order valence-corrected chi connectivity index (χ4v) is 2.74. The van der Waals surface area contributed by atoms with Gasteiger partial charge in [-0.3, -0.25) is 9.59 Å². The van der Waals surface area contributed by atoms with E-state index in [0.29, 0.717) is 11.3 Å². The summed E-state index contributed by atoms with van der Waals surface area (Å²) in [5, 5.41) is 3.18. The molecule has 116 valence electrons. The van der Waals surface area contributed by atoms with E-state index in [-0.39, 0.29) is 12.1 Å². The fourth-order valence-electron chi connectivity index (χ4n) is 2.74. The minimum Gasteiger partial charge on any atom is -0.373 e. The molecule has 3 aromatic rings. The Morgan fingerprint density at radius 1 is 0.826 bits per heavy atom. The molecule has 4 nitrogen and oxygen atoms in total. The molecule has 0 aliphatic carbocycles. The van der Waals surface area contributed by atoms with Crippen LogP contribution in [0.2, 0.25) is 0 Å². The van der Waals surface area contributed by atoms with Crippen LogP contribution in [-0.4, -0.2) is 0 Å². The number of hydrogen-bond donors (Lipinski definition) is 2. The SMILES string of the molecule is Cc1c(N[C@@H](c2ccccc2)[C@@H](N)c2ccccc2)c(=O)c1=O. The summed E-state index contributed by atoms with van der Waals surface area (Å²) >= 11 is 0. The number of rotatable bonds is 5. The largest absolute Gasteiger partial charge is 0.373 e. The van der Waals surface area contributed by atoms with Crippen LogP contribution in [0.3, 0.4) is 0 Å². The summed E-state index contributed by atoms with van der Waals surface area (Å²) in [6.07, 6.45) is 0. The molecule has 0 radical (unpaired) electrons. The van der Waals surface area contributed by atoms with Gasteiger partial charge in [0.25, 0.3) is 0 Å². The maximum absolute atomic E-state index is 11.8. The number of nitrogens with one attached hydrogen (secondary N) is 1. The average molecular weight is 306 g/mol. The zero-order valence-electron chi connectivity index (χ0n) is 12.8. The zero-order valence-corrected chi connectivity index (χ0v) is 12.8. The number of nitrogens with two attached hydrogens (primary N) is 1. The second kappa shape index (κ2) is 6.18. The quantitative estimate of drug-likeness (QED) is 0.710. The van der Waals surface area contributed by atoms with Crippen molar-refractivity contribution in [3.05, 3.63) is 97.8 Å². The first-order valence-corrected chi connectivity index (χ1v) is 7.51. The van der Waals surface area contributed by atoms with Crippen LogP contribution in [0, 0.1) is 6.92 Å². The lowest BCUT2D eigenvalue weighted by molar-refractivity contribution is 0.608. The van der Waals surface area contributed by atoms with Gasteiger partial charge in [-0.15, -0.1) is 0 Å². The Balaban J connectivity index is 1.98. The number of anilines is 1. The average Bonchev–Trinajstić information content (AvgIpc) is 2.62. The summed E-state index contributed by atoms with van der Waals surface area (Å²) in [5.41, 5.74) is 8.32. The van der Waals surface area contributed by atoms with Gasteiger partial charge in [0.2, 0.25) is 10.9 Å². The molecule has 0 heterocycles. The molecule has 0 fully saturated rings. The molecule has 3 N–H and O–H groups in total. The van der Waals surface area contributed by atoms with Gasteiger partial charge in [-0.1, -0.05) is 60.7 Å². The van der Waals surface area contributed by atoms with E-state index in [0.717, 1.165) is 11.1 Å². The predicted molar refractivity (Wildman–Crippen MR) is 92.3 cm³/mol. The van der Waals surface area contributed by atoms with E-state index < -0.39 is 10.9 Å². The van der Waals surface area contributed by atoms with Crippen LogP contribution in [0.25, 0.3) is 0 Å². The van der Waals surface area contributed by atoms with Crippen LogP contribution in [-0.2, 0) is 0 Å². The molecule has 2 atom stereocenters. The van der Waals surface area contributed by atoms with E-state index in [4.69, 9.17) is 5.73 Å². The van der Waals surface area contributed by atoms with Crippen LogP contribution < -0.4 is 21.9 Å². The van der Waals surface area contributed by atoms with Gasteiger partial charge in [0.1, 0.15) is 0 Å². The van der Waals surface area contributed by atoms with Crippen molar-refractivity contribution in [2.24, 2.45) is 5.73 Å². The molecule has 0 aromatic heterocycles. The molecule has 3 aromatic carbocycles. The molecular formula is C19H18N2O2. The maximum Gasteiger partial charge on any atom is 0.249 e. The first kappa shape index (κ1) is 15.2. The third-order valence-electron chi connectivity index (χ3n) is 4.15. The van der Waals surface area contributed by atoms with Gasteiger partial charge in [-0.05, 0) is 18.1 Å². The van der Waals surface area contributed by atoms with Gasteiger partial charge < -0.3 is 11.1 Å². The molecule has 0 amide bonds. The smallest absolute Gasteiger partial charge is 0.249 e. The summed E-state index contributed by atoms with van der Waals surface area (Å²) < 4.78 is 0. The first-order chi connectivity index (χ1) is 11.1. The molecular weight excluding hydrogens is 288 g/mol. The fraction of sp³-hybridized carbons (Fsp3) is 0.158. The van der Waals surface area contributed by atoms with Gasteiger partial charge in [-0.25, -0.2) is 0 Å². The molecule has 0 saturated carbocycles. The topological polar surface area (TPSA) is 72.2 Å². The van der Waals surface area contributed by atoms with Crippen LogP contribution in [0.15, 0.2) is 70.3 Å². The molecule has 0 saturated heterocycles. The molecule has 0 spiro atoms. The van der Waals surface area contributed by atoms with Crippen molar-refractivity contribution in [3.8, 4) is 0 Å². The summed E-state index contributed by atoms with van der Waals surface area (Å²) in [6, 6.07) is 18.8. The molecule has 3 rings (SSSR count). The monoisotopic (exact) mass is 306 g/mol. The molecule has 4 heteroatoms. The number of hydrogen-bond acceptors (Lipinski definition) is 4. The van der Waals surface area contributed by atoms with E-state index in [1.165, 1.54) is 0 Å². The van der Waals surface area contributed by atoms with Crippen molar-refractivity contribution in [2.75, 3.05) is 5.32 Å². The maximum atomic E-state index is 11.8. The van der Waals surface area contributed by atoms with E-state index in [2.05, 4.69) is 5.32 Å². The van der Waals surface area contributed by atoms with Crippen molar-refractivity contribution in [1.29, 1.82) is 0 Å². The summed E-state index contributed by atoms with van der Waals surface area (Å²) in [7, 11) is 0. The highest BCUT2D eigenvalue weighted by Crippen LogP contribution is 2.30. The molecule has 0 aliphatic rings. The van der Waals surface area contributed by atoms with Gasteiger partial charge in [0.15, 0.2) is 0 Å². The second-order valence-corrected chi connectivity index (χ2v) is 5.63. The molecule has 0 aliphatic heterocycles. The first-order valence-electron chi connectivity index (χ1n) is 7.51. The van der Waals surface area contributed by atoms with Crippen molar-refractivity contribution in [1.82, 2.24) is 0 Å². The lowest BCUT2D eigenvalue weighted by Gasteiger charge is -2.28. The normalized spacial score (nSPS) is 13.7. The third kappa shape index (κ3) is 2.81. The van der Waals surface area contributed by atoms with Crippen molar-refractivity contribution in [3.63, 3.8) is 0 Å². The van der Waals surface area contributed by atoms with Crippen molar-refractivity contribution < 1.29 is 0 Å². The van der Waals surface area contributed by atoms with Crippen LogP contribution >= 0.6 is 0 Å². The van der Waals surface area contributed by atoms with E-state index in [9.17, 15) is 9.59 Å². The molecule has 0 bridgehead atoms. The van der Waals surface area contributed by atoms with Crippen molar-refractivity contribution >= 4 is 5.69 Å². The summed E-state index contributed by atoms with van der Waals surface area (Å²) in [5.74, 6) is 0. The van der Waals surface area contributed by atoms with Gasteiger partial charge in [0, 0.05) is 5.56 Å². The van der Waals surface area contributed by atoms with Gasteiger partial charge in [-0.2, -0.15) is 0 Å². The Bertz CT molecular complexity index is 865. The van der Waals surface area contributed by atoms with Crippen LogP contribution in [0.1, 0.15) is 28.8 Å². The van der Waals surface area contributed by atoms with Crippen LogP contribution in [0.5, 0.6) is 0 Å². The van der Waals surface area contributed by atoms with E-state index in [1.807, 2.05) is 60.7 Å². The Labute approximate surface area is 134 Å². The van der Waals surface area contributed by atoms with E-state index in [1.54, 1.807) is 6.92 Å². The summed E-state index contributed by atoms with van der Waals surface area (Å²) in [6.45, 7) is 1.65. The highest BCUT2D eigenvalue weighted by Gasteiger charge is 2.25. The Morgan fingerprint density at radius 3 is 1.87 bits per heavy atom. The van der Waals surface area contributed by atoms with Gasteiger partial charge in [0.05, 0.1) is 17.8 Å². The molecule has 0 unspecified atom stereocenters. The van der Waals surface area contributed by atoms with Gasteiger partial charge >= 0.3 is 0 Å². The third-order valence-corrected chi connectivity index (χ3v) is 4.15. The van der Waals surface area contributed by atoms with Crippen molar-refractivity contribution in [2.45, 2.75) is 19.0 Å². The zero-order chi connectivity index (χ0) is 16.4. The lowest BCUT2D eigenvalue weighted by atomic mass is 9.93. The highest BCUT2D eigenvalue weighted by molar-refractivity contribution is 5.57. The van der Waals surface area contributed by atoms with Crippen LogP contribution in [0.4, 0.5) is 5.69 Å². The second-order valence-electron chi connectivity index (χ2n) is 5.63. The molecule has 23 heavy (non-hydrogen) atoms. The lowest BCUT2D eigenvalue weighted by Crippen LogP contribution is -2.39. The minimum atomic E-state index is -0.469. The Morgan fingerprint density at radius 2 is 1.35 bits per heavy atom. The minimum absolute atomic E-state index is 0.291. The Kier molecular flexibility index (Phi) is 4.08. The number of benzene rings is 2. The predicted octanol–water partition coefficient (Wildman–Crippen LogP) is 2.44. The van der Waals surface area contributed by atoms with E-state index >= 15 is 0 Å².